The molecular formula is C6H14O4. The number of carbonyl (C=O) groups is 1. The topological polar surface area (TPSA) is 77.8 Å². The van der Waals surface area contributed by atoms with Crippen LogP contribution in [0.1, 0.15) is 13.8 Å². The first-order chi connectivity index (χ1) is 4.22. The Hall–Kier alpha value is -0.450. The predicted octanol–water partition coefficient (Wildman–Crippen LogP) is -1.07. The molecule has 0 amide bonds. The van der Waals surface area contributed by atoms with Crippen molar-refractivity contribution in [2.45, 2.75) is 26.1 Å². The lowest BCUT2D eigenvalue weighted by atomic mass is 10.2. The molecule has 0 saturated heterocycles. The van der Waals surface area contributed by atoms with Crippen LogP contribution in [0.15, 0.2) is 0 Å². The minimum Gasteiger partial charge on any atom is -0.394 e. The molecule has 0 aliphatic rings. The van der Waals surface area contributed by atoms with Gasteiger partial charge < -0.3 is 20.1 Å². The Morgan fingerprint density at radius 3 is 2.10 bits per heavy atom. The minimum atomic E-state index is -1.20. The van der Waals surface area contributed by atoms with Gasteiger partial charge in [0, 0.05) is 6.42 Å². The third-order valence-electron chi connectivity index (χ3n) is 0.969. The van der Waals surface area contributed by atoms with E-state index in [-0.39, 0.29) is 13.8 Å². The van der Waals surface area contributed by atoms with Gasteiger partial charge in [-0.2, -0.15) is 0 Å². The quantitative estimate of drug-likeness (QED) is 0.446. The van der Waals surface area contributed by atoms with Crippen molar-refractivity contribution in [3.05, 3.63) is 0 Å². The van der Waals surface area contributed by atoms with Gasteiger partial charge in [0.15, 0.2) is 0 Å². The molecule has 10 heavy (non-hydrogen) atoms. The fourth-order valence-electron chi connectivity index (χ4n) is 0.377. The van der Waals surface area contributed by atoms with E-state index in [1.807, 2.05) is 0 Å². The highest BCUT2D eigenvalue weighted by molar-refractivity contribution is 5.50. The number of carbonyl (C=O) groups excluding carboxylic acids is 1. The minimum absolute atomic E-state index is 0. The summed E-state index contributed by atoms with van der Waals surface area (Å²) < 4.78 is 0. The van der Waals surface area contributed by atoms with E-state index >= 15 is 0 Å². The Balaban J connectivity index is 0. The van der Waals surface area contributed by atoms with Crippen molar-refractivity contribution in [3.63, 3.8) is 0 Å². The SMILES string of the molecule is C.O=CC[C@H](O)[C@H](O)CO. The van der Waals surface area contributed by atoms with Crippen LogP contribution in [-0.2, 0) is 4.79 Å². The summed E-state index contributed by atoms with van der Waals surface area (Å²) in [5, 5.41) is 25.5. The Kier molecular flexibility index (Phi) is 8.17. The van der Waals surface area contributed by atoms with E-state index in [9.17, 15) is 4.79 Å². The van der Waals surface area contributed by atoms with Gasteiger partial charge in [-0.05, 0) is 0 Å². The number of aliphatic hydroxyl groups is 3. The number of aldehydes is 1. The molecule has 3 N–H and O–H groups in total. The molecule has 0 rings (SSSR count). The zero-order valence-corrected chi connectivity index (χ0v) is 4.90. The van der Waals surface area contributed by atoms with Gasteiger partial charge in [0.2, 0.25) is 0 Å². The smallest absolute Gasteiger partial charge is 0.122 e. The highest BCUT2D eigenvalue weighted by Gasteiger charge is 2.13. The number of aliphatic hydroxyl groups excluding tert-OH is 3. The molecule has 0 aromatic heterocycles. The standard InChI is InChI=1S/C5H10O4.CH4/c6-2-1-4(8)5(9)3-7;/h2,4-5,7-9H,1,3H2;1H4/t4-,5+;/m0./s1. The van der Waals surface area contributed by atoms with Crippen LogP contribution in [0.3, 0.4) is 0 Å². The van der Waals surface area contributed by atoms with Gasteiger partial charge in [0.05, 0.1) is 12.7 Å². The second kappa shape index (κ2) is 6.67. The first kappa shape index (κ1) is 12.2. The maximum absolute atomic E-state index is 9.68. The molecular weight excluding hydrogens is 136 g/mol. The van der Waals surface area contributed by atoms with E-state index < -0.39 is 18.8 Å². The summed E-state index contributed by atoms with van der Waals surface area (Å²) in [7, 11) is 0. The van der Waals surface area contributed by atoms with Gasteiger partial charge >= 0.3 is 0 Å². The molecule has 0 aliphatic carbocycles. The second-order valence-electron chi connectivity index (χ2n) is 1.72. The van der Waals surface area contributed by atoms with Gasteiger partial charge in [-0.15, -0.1) is 0 Å². The van der Waals surface area contributed by atoms with Crippen LogP contribution < -0.4 is 0 Å². The average Bonchev–Trinajstić information content (AvgIpc) is 1.87. The van der Waals surface area contributed by atoms with Crippen molar-refractivity contribution in [1.82, 2.24) is 0 Å². The van der Waals surface area contributed by atoms with Gasteiger partial charge in [-0.3, -0.25) is 0 Å². The van der Waals surface area contributed by atoms with Crippen LogP contribution in [0.5, 0.6) is 0 Å². The fraction of sp³-hybridized carbons (Fsp3) is 0.833. The molecule has 0 aromatic rings. The summed E-state index contributed by atoms with van der Waals surface area (Å²) in [4.78, 5) is 9.68. The summed E-state index contributed by atoms with van der Waals surface area (Å²) in [6.07, 6.45) is -1.98. The summed E-state index contributed by atoms with van der Waals surface area (Å²) in [5.41, 5.74) is 0. The van der Waals surface area contributed by atoms with Crippen LogP contribution in [0.25, 0.3) is 0 Å². The molecule has 2 atom stereocenters. The van der Waals surface area contributed by atoms with Crippen molar-refractivity contribution in [2.24, 2.45) is 0 Å². The zero-order chi connectivity index (χ0) is 7.28. The largest absolute Gasteiger partial charge is 0.394 e. The highest BCUT2D eigenvalue weighted by Crippen LogP contribution is 1.94. The molecule has 0 aliphatic heterocycles. The molecule has 4 nitrogen and oxygen atoms in total. The Bertz CT molecular complexity index is 83.8. The van der Waals surface area contributed by atoms with Crippen molar-refractivity contribution < 1.29 is 20.1 Å². The Labute approximate surface area is 60.1 Å². The van der Waals surface area contributed by atoms with E-state index in [0.29, 0.717) is 6.29 Å². The lowest BCUT2D eigenvalue weighted by Gasteiger charge is -2.11. The first-order valence-corrected chi connectivity index (χ1v) is 2.63. The van der Waals surface area contributed by atoms with Gasteiger partial charge in [0.1, 0.15) is 12.4 Å². The van der Waals surface area contributed by atoms with Crippen molar-refractivity contribution in [2.75, 3.05) is 6.61 Å². The molecule has 0 unspecified atom stereocenters. The molecule has 0 spiro atoms. The molecule has 0 radical (unpaired) electrons. The van der Waals surface area contributed by atoms with E-state index in [0.717, 1.165) is 0 Å². The maximum Gasteiger partial charge on any atom is 0.122 e. The molecule has 0 heterocycles. The Morgan fingerprint density at radius 2 is 1.80 bits per heavy atom. The summed E-state index contributed by atoms with van der Waals surface area (Å²) in [6.45, 7) is -0.519. The zero-order valence-electron chi connectivity index (χ0n) is 4.90. The number of hydrogen-bond acceptors (Lipinski definition) is 4. The average molecular weight is 150 g/mol. The van der Waals surface area contributed by atoms with E-state index in [1.54, 1.807) is 0 Å². The van der Waals surface area contributed by atoms with Gasteiger partial charge in [-0.1, -0.05) is 7.43 Å². The summed E-state index contributed by atoms with van der Waals surface area (Å²) in [6, 6.07) is 0. The molecule has 0 saturated carbocycles. The summed E-state index contributed by atoms with van der Waals surface area (Å²) in [5.74, 6) is 0. The van der Waals surface area contributed by atoms with Crippen molar-refractivity contribution in [3.8, 4) is 0 Å². The third kappa shape index (κ3) is 4.43. The lowest BCUT2D eigenvalue weighted by molar-refractivity contribution is -0.111. The second-order valence-corrected chi connectivity index (χ2v) is 1.72. The molecule has 4 heteroatoms. The van der Waals surface area contributed by atoms with Crippen LogP contribution in [0.2, 0.25) is 0 Å². The van der Waals surface area contributed by atoms with Gasteiger partial charge in [-0.25, -0.2) is 0 Å². The van der Waals surface area contributed by atoms with E-state index in [4.69, 9.17) is 15.3 Å². The summed E-state index contributed by atoms with van der Waals surface area (Å²) >= 11 is 0. The third-order valence-corrected chi connectivity index (χ3v) is 0.969. The van der Waals surface area contributed by atoms with Crippen molar-refractivity contribution >= 4 is 6.29 Å². The van der Waals surface area contributed by atoms with Crippen LogP contribution in [0.4, 0.5) is 0 Å². The Morgan fingerprint density at radius 1 is 1.30 bits per heavy atom. The lowest BCUT2D eigenvalue weighted by Crippen LogP contribution is -2.29. The fourth-order valence-corrected chi connectivity index (χ4v) is 0.377. The van der Waals surface area contributed by atoms with Crippen LogP contribution >= 0.6 is 0 Å². The first-order valence-electron chi connectivity index (χ1n) is 2.63. The van der Waals surface area contributed by atoms with Crippen molar-refractivity contribution in [1.29, 1.82) is 0 Å². The number of rotatable bonds is 4. The predicted molar refractivity (Wildman–Crippen MR) is 36.5 cm³/mol. The molecule has 0 aromatic carbocycles. The van der Waals surface area contributed by atoms with E-state index in [1.165, 1.54) is 0 Å². The van der Waals surface area contributed by atoms with Crippen LogP contribution in [-0.4, -0.2) is 40.4 Å². The molecule has 62 valence electrons. The van der Waals surface area contributed by atoms with Crippen LogP contribution in [0, 0.1) is 0 Å². The maximum atomic E-state index is 9.68. The normalized spacial score (nSPS) is 15.1. The monoisotopic (exact) mass is 150 g/mol. The number of hydrogen-bond donors (Lipinski definition) is 3. The molecule has 0 fully saturated rings. The highest BCUT2D eigenvalue weighted by atomic mass is 16.4. The van der Waals surface area contributed by atoms with Gasteiger partial charge in [0.25, 0.3) is 0 Å². The molecule has 0 bridgehead atoms. The van der Waals surface area contributed by atoms with E-state index in [2.05, 4.69) is 0 Å².